The minimum absolute atomic E-state index is 0.0337. The number of benzene rings is 1. The molecule has 0 saturated carbocycles. The number of hydrogen-bond donors (Lipinski definition) is 0. The number of nitriles is 1. The number of nitro benzene ring substituents is 1. The zero-order valence-electron chi connectivity index (χ0n) is 8.26. The summed E-state index contributed by atoms with van der Waals surface area (Å²) < 4.78 is 9.98. The molecular weight excluding hydrogens is 212 g/mol. The Morgan fingerprint density at radius 2 is 2.31 bits per heavy atom. The first kappa shape index (κ1) is 9.98. The highest BCUT2D eigenvalue weighted by Gasteiger charge is 2.22. The van der Waals surface area contributed by atoms with Gasteiger partial charge in [0.05, 0.1) is 12.0 Å². The molecule has 2 aromatic rings. The predicted molar refractivity (Wildman–Crippen MR) is 54.1 cm³/mol. The van der Waals surface area contributed by atoms with Crippen LogP contribution in [0.15, 0.2) is 22.6 Å². The first-order valence-electron chi connectivity index (χ1n) is 4.32. The van der Waals surface area contributed by atoms with Gasteiger partial charge in [-0.3, -0.25) is 10.1 Å². The van der Waals surface area contributed by atoms with Crippen LogP contribution in [0.25, 0.3) is 11.0 Å². The maximum absolute atomic E-state index is 10.9. The van der Waals surface area contributed by atoms with E-state index in [1.807, 2.05) is 0 Å². The van der Waals surface area contributed by atoms with Crippen LogP contribution < -0.4 is 4.74 Å². The van der Waals surface area contributed by atoms with Crippen molar-refractivity contribution in [3.8, 4) is 11.8 Å². The lowest BCUT2D eigenvalue weighted by molar-refractivity contribution is -0.383. The lowest BCUT2D eigenvalue weighted by atomic mass is 10.2. The SMILES string of the molecule is COc1ccc2oc(C#N)cc2c1[N+](=O)[O-]. The molecular formula is C10H6N2O4. The Labute approximate surface area is 89.8 Å². The monoisotopic (exact) mass is 218 g/mol. The van der Waals surface area contributed by atoms with Gasteiger partial charge < -0.3 is 9.15 Å². The van der Waals surface area contributed by atoms with Crippen LogP contribution in [0.3, 0.4) is 0 Å². The molecule has 0 aliphatic heterocycles. The third kappa shape index (κ3) is 1.35. The van der Waals surface area contributed by atoms with Gasteiger partial charge in [-0.1, -0.05) is 0 Å². The Morgan fingerprint density at radius 3 is 2.88 bits per heavy atom. The second-order valence-electron chi connectivity index (χ2n) is 3.01. The molecule has 0 unspecified atom stereocenters. The zero-order chi connectivity index (χ0) is 11.7. The average molecular weight is 218 g/mol. The van der Waals surface area contributed by atoms with Crippen molar-refractivity contribution in [1.29, 1.82) is 5.26 Å². The van der Waals surface area contributed by atoms with Crippen LogP contribution in [-0.2, 0) is 0 Å². The van der Waals surface area contributed by atoms with Crippen LogP contribution in [0, 0.1) is 21.4 Å². The third-order valence-corrected chi connectivity index (χ3v) is 2.15. The summed E-state index contributed by atoms with van der Waals surface area (Å²) in [5, 5.41) is 19.8. The first-order chi connectivity index (χ1) is 7.67. The molecule has 0 N–H and O–H groups in total. The van der Waals surface area contributed by atoms with E-state index in [-0.39, 0.29) is 22.6 Å². The summed E-state index contributed by atoms with van der Waals surface area (Å²) in [7, 11) is 1.35. The van der Waals surface area contributed by atoms with E-state index in [4.69, 9.17) is 14.4 Å². The maximum atomic E-state index is 10.9. The number of methoxy groups -OCH3 is 1. The van der Waals surface area contributed by atoms with Gasteiger partial charge in [0, 0.05) is 6.07 Å². The van der Waals surface area contributed by atoms with E-state index in [9.17, 15) is 10.1 Å². The fourth-order valence-electron chi connectivity index (χ4n) is 1.49. The molecule has 80 valence electrons. The van der Waals surface area contributed by atoms with Crippen LogP contribution in [0.1, 0.15) is 5.76 Å². The summed E-state index contributed by atoms with van der Waals surface area (Å²) in [6.07, 6.45) is 0. The lowest BCUT2D eigenvalue weighted by Gasteiger charge is -2.00. The maximum Gasteiger partial charge on any atom is 0.321 e. The summed E-state index contributed by atoms with van der Waals surface area (Å²) in [4.78, 5) is 10.3. The molecule has 0 aliphatic rings. The van der Waals surface area contributed by atoms with Gasteiger partial charge in [-0.15, -0.1) is 0 Å². The van der Waals surface area contributed by atoms with Gasteiger partial charge in [0.1, 0.15) is 17.0 Å². The molecule has 6 nitrogen and oxygen atoms in total. The normalized spacial score (nSPS) is 10.0. The highest BCUT2D eigenvalue weighted by atomic mass is 16.6. The Bertz CT molecular complexity index is 609. The first-order valence-corrected chi connectivity index (χ1v) is 4.32. The minimum atomic E-state index is -0.558. The molecule has 0 radical (unpaired) electrons. The van der Waals surface area contributed by atoms with Gasteiger partial charge in [-0.05, 0) is 12.1 Å². The highest BCUT2D eigenvalue weighted by Crippen LogP contribution is 2.36. The molecule has 1 heterocycles. The van der Waals surface area contributed by atoms with Gasteiger partial charge in [-0.2, -0.15) is 5.26 Å². The van der Waals surface area contributed by atoms with Crippen molar-refractivity contribution < 1.29 is 14.1 Å². The molecule has 1 aromatic carbocycles. The van der Waals surface area contributed by atoms with E-state index in [1.54, 1.807) is 6.07 Å². The second-order valence-corrected chi connectivity index (χ2v) is 3.01. The quantitative estimate of drug-likeness (QED) is 0.569. The van der Waals surface area contributed by atoms with Crippen molar-refractivity contribution in [2.45, 2.75) is 0 Å². The van der Waals surface area contributed by atoms with Gasteiger partial charge in [0.2, 0.25) is 5.76 Å². The second kappa shape index (κ2) is 3.55. The van der Waals surface area contributed by atoms with Crippen molar-refractivity contribution in [2.75, 3.05) is 7.11 Å². The number of fused-ring (bicyclic) bond motifs is 1. The van der Waals surface area contributed by atoms with E-state index >= 15 is 0 Å². The average Bonchev–Trinajstić information content (AvgIpc) is 2.69. The lowest BCUT2D eigenvalue weighted by Crippen LogP contribution is -1.93. The summed E-state index contributed by atoms with van der Waals surface area (Å²) in [5.74, 6) is 0.175. The van der Waals surface area contributed by atoms with E-state index in [2.05, 4.69) is 0 Å². The Kier molecular flexibility index (Phi) is 2.21. The molecule has 2 rings (SSSR count). The molecule has 0 atom stereocenters. The van der Waals surface area contributed by atoms with Crippen molar-refractivity contribution >= 4 is 16.7 Å². The van der Waals surface area contributed by atoms with Crippen LogP contribution in [0.2, 0.25) is 0 Å². The minimum Gasteiger partial charge on any atom is -0.490 e. The fourth-order valence-corrected chi connectivity index (χ4v) is 1.49. The number of hydrogen-bond acceptors (Lipinski definition) is 5. The van der Waals surface area contributed by atoms with Crippen LogP contribution >= 0.6 is 0 Å². The Balaban J connectivity index is 2.83. The fraction of sp³-hybridized carbons (Fsp3) is 0.100. The van der Waals surface area contributed by atoms with Gasteiger partial charge in [0.25, 0.3) is 0 Å². The van der Waals surface area contributed by atoms with E-state index in [0.717, 1.165) is 0 Å². The smallest absolute Gasteiger partial charge is 0.321 e. The molecule has 0 aliphatic carbocycles. The topological polar surface area (TPSA) is 89.3 Å². The largest absolute Gasteiger partial charge is 0.490 e. The zero-order valence-corrected chi connectivity index (χ0v) is 8.26. The summed E-state index contributed by atoms with van der Waals surface area (Å²) in [6.45, 7) is 0. The molecule has 6 heteroatoms. The van der Waals surface area contributed by atoms with Crippen LogP contribution in [0.4, 0.5) is 5.69 Å². The molecule has 0 fully saturated rings. The van der Waals surface area contributed by atoms with Gasteiger partial charge in [0.15, 0.2) is 5.75 Å². The summed E-state index contributed by atoms with van der Waals surface area (Å²) in [6, 6.07) is 6.08. The van der Waals surface area contributed by atoms with Crippen molar-refractivity contribution in [3.05, 3.63) is 34.1 Å². The molecule has 0 bridgehead atoms. The highest BCUT2D eigenvalue weighted by molar-refractivity contribution is 5.91. The van der Waals surface area contributed by atoms with E-state index in [0.29, 0.717) is 5.58 Å². The Morgan fingerprint density at radius 1 is 1.56 bits per heavy atom. The van der Waals surface area contributed by atoms with E-state index in [1.165, 1.54) is 25.3 Å². The number of ether oxygens (including phenoxy) is 1. The van der Waals surface area contributed by atoms with Crippen molar-refractivity contribution in [3.63, 3.8) is 0 Å². The van der Waals surface area contributed by atoms with Crippen molar-refractivity contribution in [1.82, 2.24) is 0 Å². The van der Waals surface area contributed by atoms with Crippen molar-refractivity contribution in [2.24, 2.45) is 0 Å². The summed E-state index contributed by atoms with van der Waals surface area (Å²) >= 11 is 0. The predicted octanol–water partition coefficient (Wildman–Crippen LogP) is 2.22. The summed E-state index contributed by atoms with van der Waals surface area (Å²) in [5.41, 5.74) is 0.106. The third-order valence-electron chi connectivity index (χ3n) is 2.15. The number of furan rings is 1. The standard InChI is InChI=1S/C10H6N2O4/c1-15-9-3-2-8-7(10(9)12(13)14)4-6(5-11)16-8/h2-4H,1H3. The van der Waals surface area contributed by atoms with Crippen LogP contribution in [0.5, 0.6) is 5.75 Å². The van der Waals surface area contributed by atoms with Gasteiger partial charge >= 0.3 is 5.69 Å². The van der Waals surface area contributed by atoms with Gasteiger partial charge in [-0.25, -0.2) is 0 Å². The van der Waals surface area contributed by atoms with E-state index < -0.39 is 4.92 Å². The number of rotatable bonds is 2. The Hall–Kier alpha value is -2.55. The number of nitrogens with zero attached hydrogens (tertiary/aromatic N) is 2. The molecule has 16 heavy (non-hydrogen) atoms. The van der Waals surface area contributed by atoms with Crippen LogP contribution in [-0.4, -0.2) is 12.0 Å². The molecule has 1 aromatic heterocycles. The molecule has 0 saturated heterocycles. The molecule has 0 amide bonds. The number of nitro groups is 1. The molecule has 0 spiro atoms.